The van der Waals surface area contributed by atoms with E-state index in [0.29, 0.717) is 34.6 Å². The standard InChI is InChI=1S/C20H25N3O4/c1-11-16(20(26)27-5)12(2)22-17(11)18(24)13(3)23(4)10-14-7-6-8-15(9-14)19(21)25/h6-9,13,22H,10H2,1-5H3,(H2,21,25). The molecule has 7 heteroatoms. The second-order valence-electron chi connectivity index (χ2n) is 6.64. The third-order valence-corrected chi connectivity index (χ3v) is 4.76. The van der Waals surface area contributed by atoms with Crippen LogP contribution in [0.1, 0.15) is 54.9 Å². The number of nitrogens with one attached hydrogen (secondary N) is 1. The lowest BCUT2D eigenvalue weighted by Crippen LogP contribution is -2.36. The van der Waals surface area contributed by atoms with Crippen LogP contribution in [-0.2, 0) is 11.3 Å². The van der Waals surface area contributed by atoms with E-state index in [4.69, 9.17) is 10.5 Å². The van der Waals surface area contributed by atoms with Crippen molar-refractivity contribution in [2.75, 3.05) is 14.2 Å². The number of amides is 1. The number of ether oxygens (including phenoxy) is 1. The van der Waals surface area contributed by atoms with E-state index < -0.39 is 17.9 Å². The van der Waals surface area contributed by atoms with Crippen molar-refractivity contribution in [2.45, 2.75) is 33.4 Å². The fourth-order valence-electron chi connectivity index (χ4n) is 3.06. The van der Waals surface area contributed by atoms with Crippen molar-refractivity contribution in [3.8, 4) is 0 Å². The molecular weight excluding hydrogens is 346 g/mol. The Morgan fingerprint density at radius 2 is 1.93 bits per heavy atom. The third kappa shape index (κ3) is 4.25. The molecule has 1 aromatic carbocycles. The molecule has 0 fully saturated rings. The zero-order chi connectivity index (χ0) is 20.3. The number of aromatic amines is 1. The van der Waals surface area contributed by atoms with E-state index in [1.807, 2.05) is 18.0 Å². The summed E-state index contributed by atoms with van der Waals surface area (Å²) in [7, 11) is 3.14. The molecule has 2 aromatic rings. The maximum atomic E-state index is 12.9. The quantitative estimate of drug-likeness (QED) is 0.573. The molecule has 0 saturated heterocycles. The number of primary amides is 1. The number of ketones is 1. The van der Waals surface area contributed by atoms with Crippen molar-refractivity contribution in [1.29, 1.82) is 0 Å². The van der Waals surface area contributed by atoms with Crippen LogP contribution < -0.4 is 5.73 Å². The Morgan fingerprint density at radius 3 is 2.52 bits per heavy atom. The second kappa shape index (κ2) is 8.18. The number of likely N-dealkylation sites (N-methyl/N-ethyl adjacent to an activating group) is 1. The molecule has 7 nitrogen and oxygen atoms in total. The van der Waals surface area contributed by atoms with E-state index >= 15 is 0 Å². The number of nitrogens with zero attached hydrogens (tertiary/aromatic N) is 1. The van der Waals surface area contributed by atoms with Gasteiger partial charge in [-0.2, -0.15) is 0 Å². The molecule has 2 rings (SSSR count). The van der Waals surface area contributed by atoms with Crippen LogP contribution in [0.25, 0.3) is 0 Å². The maximum absolute atomic E-state index is 12.9. The number of esters is 1. The number of Topliss-reactive ketones (excluding diaryl/α,β-unsaturated/α-hetero) is 1. The number of nitrogens with two attached hydrogens (primary N) is 1. The number of carbonyl (C=O) groups excluding carboxylic acids is 3. The predicted molar refractivity (Wildman–Crippen MR) is 102 cm³/mol. The largest absolute Gasteiger partial charge is 0.465 e. The number of aryl methyl sites for hydroxylation is 1. The number of hydrogen-bond acceptors (Lipinski definition) is 5. The van der Waals surface area contributed by atoms with E-state index in [0.717, 1.165) is 5.56 Å². The first kappa shape index (κ1) is 20.4. The van der Waals surface area contributed by atoms with E-state index in [-0.39, 0.29) is 5.78 Å². The average Bonchev–Trinajstić information content (AvgIpc) is 2.94. The van der Waals surface area contributed by atoms with Gasteiger partial charge in [0.1, 0.15) is 0 Å². The third-order valence-electron chi connectivity index (χ3n) is 4.76. The highest BCUT2D eigenvalue weighted by molar-refractivity contribution is 6.03. The van der Waals surface area contributed by atoms with Crippen molar-refractivity contribution in [1.82, 2.24) is 9.88 Å². The molecule has 0 aliphatic carbocycles. The molecule has 0 aliphatic heterocycles. The molecule has 0 bridgehead atoms. The number of methoxy groups -OCH3 is 1. The lowest BCUT2D eigenvalue weighted by molar-refractivity contribution is 0.0599. The molecule has 27 heavy (non-hydrogen) atoms. The summed E-state index contributed by atoms with van der Waals surface area (Å²) in [5.41, 5.74) is 8.61. The monoisotopic (exact) mass is 371 g/mol. The molecule has 1 heterocycles. The normalized spacial score (nSPS) is 12.1. The van der Waals surface area contributed by atoms with Crippen molar-refractivity contribution < 1.29 is 19.1 Å². The van der Waals surface area contributed by atoms with Gasteiger partial charge in [0.25, 0.3) is 0 Å². The number of hydrogen-bond donors (Lipinski definition) is 2. The van der Waals surface area contributed by atoms with Crippen LogP contribution in [0.5, 0.6) is 0 Å². The molecule has 0 saturated carbocycles. The summed E-state index contributed by atoms with van der Waals surface area (Å²) in [5, 5.41) is 0. The van der Waals surface area contributed by atoms with Crippen LogP contribution in [0.15, 0.2) is 24.3 Å². The molecule has 1 unspecified atom stereocenters. The Morgan fingerprint density at radius 1 is 1.26 bits per heavy atom. The highest BCUT2D eigenvalue weighted by Gasteiger charge is 2.27. The molecular formula is C20H25N3O4. The highest BCUT2D eigenvalue weighted by atomic mass is 16.5. The minimum Gasteiger partial charge on any atom is -0.465 e. The Labute approximate surface area is 158 Å². The summed E-state index contributed by atoms with van der Waals surface area (Å²) in [5.74, 6) is -1.08. The maximum Gasteiger partial charge on any atom is 0.339 e. The lowest BCUT2D eigenvalue weighted by atomic mass is 10.0. The summed E-state index contributed by atoms with van der Waals surface area (Å²) in [4.78, 5) is 41.1. The number of rotatable bonds is 7. The summed E-state index contributed by atoms with van der Waals surface area (Å²) >= 11 is 0. The Bertz CT molecular complexity index is 885. The molecule has 1 aromatic heterocycles. The Balaban J connectivity index is 2.21. The Hall–Kier alpha value is -2.93. The van der Waals surface area contributed by atoms with Gasteiger partial charge in [0.05, 0.1) is 24.4 Å². The second-order valence-corrected chi connectivity index (χ2v) is 6.64. The van der Waals surface area contributed by atoms with Gasteiger partial charge in [0, 0.05) is 17.8 Å². The van der Waals surface area contributed by atoms with Gasteiger partial charge in [-0.3, -0.25) is 14.5 Å². The minimum absolute atomic E-state index is 0.126. The van der Waals surface area contributed by atoms with Gasteiger partial charge in [0.15, 0.2) is 5.78 Å². The van der Waals surface area contributed by atoms with Crippen molar-refractivity contribution in [3.05, 3.63) is 57.9 Å². The van der Waals surface area contributed by atoms with Crippen molar-refractivity contribution >= 4 is 17.7 Å². The van der Waals surface area contributed by atoms with E-state index in [1.54, 1.807) is 39.0 Å². The first-order valence-electron chi connectivity index (χ1n) is 8.58. The fourth-order valence-corrected chi connectivity index (χ4v) is 3.06. The van der Waals surface area contributed by atoms with Crippen molar-refractivity contribution in [3.63, 3.8) is 0 Å². The van der Waals surface area contributed by atoms with Crippen LogP contribution in [0.4, 0.5) is 0 Å². The van der Waals surface area contributed by atoms with Crippen LogP contribution in [-0.4, -0.2) is 47.7 Å². The van der Waals surface area contributed by atoms with Crippen LogP contribution >= 0.6 is 0 Å². The first-order valence-corrected chi connectivity index (χ1v) is 8.58. The van der Waals surface area contributed by atoms with Gasteiger partial charge in [0.2, 0.25) is 5.91 Å². The molecule has 1 amide bonds. The summed E-state index contributed by atoms with van der Waals surface area (Å²) in [6.07, 6.45) is 0. The van der Waals surface area contributed by atoms with Crippen LogP contribution in [0, 0.1) is 13.8 Å². The molecule has 0 radical (unpaired) electrons. The fraction of sp³-hybridized carbons (Fsp3) is 0.350. The molecule has 0 spiro atoms. The lowest BCUT2D eigenvalue weighted by Gasteiger charge is -2.23. The zero-order valence-corrected chi connectivity index (χ0v) is 16.3. The summed E-state index contributed by atoms with van der Waals surface area (Å²) < 4.78 is 4.79. The topological polar surface area (TPSA) is 105 Å². The number of aromatic nitrogens is 1. The van der Waals surface area contributed by atoms with Gasteiger partial charge < -0.3 is 15.5 Å². The van der Waals surface area contributed by atoms with Crippen LogP contribution in [0.3, 0.4) is 0 Å². The summed E-state index contributed by atoms with van der Waals surface area (Å²) in [6.45, 7) is 5.73. The highest BCUT2D eigenvalue weighted by Crippen LogP contribution is 2.21. The number of benzene rings is 1. The van der Waals surface area contributed by atoms with Crippen molar-refractivity contribution in [2.24, 2.45) is 5.73 Å². The van der Waals surface area contributed by atoms with E-state index in [9.17, 15) is 14.4 Å². The zero-order valence-electron chi connectivity index (χ0n) is 16.3. The number of H-pyrrole nitrogens is 1. The summed E-state index contributed by atoms with van der Waals surface area (Å²) in [6, 6.07) is 6.57. The van der Waals surface area contributed by atoms with Crippen LogP contribution in [0.2, 0.25) is 0 Å². The first-order chi connectivity index (χ1) is 12.7. The van der Waals surface area contributed by atoms with Gasteiger partial charge in [-0.1, -0.05) is 12.1 Å². The molecule has 0 aliphatic rings. The van der Waals surface area contributed by atoms with Gasteiger partial charge in [-0.15, -0.1) is 0 Å². The SMILES string of the molecule is COC(=O)c1c(C)[nH]c(C(=O)C(C)N(C)Cc2cccc(C(N)=O)c2)c1C. The predicted octanol–water partition coefficient (Wildman–Crippen LogP) is 2.22. The molecule has 1 atom stereocenters. The van der Waals surface area contributed by atoms with Gasteiger partial charge >= 0.3 is 5.97 Å². The van der Waals surface area contributed by atoms with E-state index in [2.05, 4.69) is 4.98 Å². The molecule has 144 valence electrons. The van der Waals surface area contributed by atoms with E-state index in [1.165, 1.54) is 7.11 Å². The number of carbonyl (C=O) groups is 3. The smallest absolute Gasteiger partial charge is 0.339 e. The average molecular weight is 371 g/mol. The Kier molecular flexibility index (Phi) is 6.17. The minimum atomic E-state index is -0.489. The van der Waals surface area contributed by atoms with Gasteiger partial charge in [-0.25, -0.2) is 4.79 Å². The molecule has 3 N–H and O–H groups in total. The van der Waals surface area contributed by atoms with Gasteiger partial charge in [-0.05, 0) is 51.1 Å².